The summed E-state index contributed by atoms with van der Waals surface area (Å²) in [5, 5.41) is 1.18. The predicted molar refractivity (Wildman–Crippen MR) is 214 cm³/mol. The van der Waals surface area contributed by atoms with Gasteiger partial charge in [0.2, 0.25) is 0 Å². The maximum absolute atomic E-state index is 4.99. The maximum Gasteiger partial charge on any atom is 0.164 e. The topological polar surface area (TPSA) is 57.7 Å². The highest BCUT2D eigenvalue weighted by Crippen LogP contribution is 2.41. The van der Waals surface area contributed by atoms with Gasteiger partial charge in [-0.05, 0) is 70.6 Å². The van der Waals surface area contributed by atoms with Crippen LogP contribution in [0.3, 0.4) is 0 Å². The van der Waals surface area contributed by atoms with E-state index in [9.17, 15) is 0 Å². The second-order valence-corrected chi connectivity index (χ2v) is 12.9. The highest BCUT2D eigenvalue weighted by atomic mass is 15.2. The van der Waals surface area contributed by atoms with E-state index in [0.717, 1.165) is 51.9 Å². The highest BCUT2D eigenvalue weighted by molar-refractivity contribution is 6.06. The number of aromatic amines is 1. The fourth-order valence-corrected chi connectivity index (χ4v) is 7.31. The van der Waals surface area contributed by atoms with Crippen molar-refractivity contribution in [2.75, 3.05) is 11.4 Å². The van der Waals surface area contributed by atoms with Gasteiger partial charge in [0.05, 0.1) is 0 Å². The fourth-order valence-electron chi connectivity index (χ4n) is 7.31. The first-order valence-electron chi connectivity index (χ1n) is 17.6. The van der Waals surface area contributed by atoms with E-state index in [4.69, 9.17) is 15.0 Å². The summed E-state index contributed by atoms with van der Waals surface area (Å²) < 4.78 is 0. The van der Waals surface area contributed by atoms with E-state index in [1.807, 2.05) is 66.7 Å². The summed E-state index contributed by atoms with van der Waals surface area (Å²) >= 11 is 0. The van der Waals surface area contributed by atoms with Crippen LogP contribution in [0.1, 0.15) is 16.7 Å². The largest absolute Gasteiger partial charge is 0.361 e. The molecule has 0 spiro atoms. The van der Waals surface area contributed by atoms with Crippen LogP contribution >= 0.6 is 0 Å². The average Bonchev–Trinajstić information content (AvgIpc) is 3.85. The lowest BCUT2D eigenvalue weighted by atomic mass is 9.91. The molecule has 0 radical (unpaired) electrons. The first-order valence-corrected chi connectivity index (χ1v) is 17.6. The molecule has 0 aliphatic carbocycles. The van der Waals surface area contributed by atoms with Gasteiger partial charge in [0.15, 0.2) is 17.5 Å². The molecule has 0 bridgehead atoms. The van der Waals surface area contributed by atoms with Crippen molar-refractivity contribution < 1.29 is 0 Å². The van der Waals surface area contributed by atoms with Crippen LogP contribution in [-0.4, -0.2) is 26.5 Å². The average molecular weight is 670 g/mol. The SMILES string of the molecule is C=CC=C(c1cccc(-c2nc(-c3ccccc3)nc(-c3ccccc3)n2)c1)c1c[nH]c2cccc(-c3ccc4c(c3)CCN4c3ccccc3)c12. The second kappa shape index (κ2) is 13.5. The van der Waals surface area contributed by atoms with Crippen molar-refractivity contribution in [3.63, 3.8) is 0 Å². The number of allylic oxidation sites excluding steroid dienone is 2. The van der Waals surface area contributed by atoms with Crippen LogP contribution in [0.25, 0.3) is 61.8 Å². The van der Waals surface area contributed by atoms with E-state index < -0.39 is 0 Å². The van der Waals surface area contributed by atoms with E-state index in [0.29, 0.717) is 17.5 Å². The van der Waals surface area contributed by atoms with Crippen molar-refractivity contribution in [2.24, 2.45) is 0 Å². The van der Waals surface area contributed by atoms with Crippen molar-refractivity contribution >= 4 is 27.9 Å². The van der Waals surface area contributed by atoms with E-state index in [1.54, 1.807) is 0 Å². The van der Waals surface area contributed by atoms with Gasteiger partial charge in [-0.2, -0.15) is 0 Å². The summed E-state index contributed by atoms with van der Waals surface area (Å²) in [6.07, 6.45) is 7.08. The molecule has 1 N–H and O–H groups in total. The Balaban J connectivity index is 1.13. The number of anilines is 2. The number of fused-ring (bicyclic) bond motifs is 2. The van der Waals surface area contributed by atoms with Crippen LogP contribution in [-0.2, 0) is 6.42 Å². The molecule has 9 rings (SSSR count). The quantitative estimate of drug-likeness (QED) is 0.164. The molecule has 1 aliphatic rings. The molecule has 5 nitrogen and oxygen atoms in total. The van der Waals surface area contributed by atoms with E-state index >= 15 is 0 Å². The number of H-pyrrole nitrogens is 1. The lowest BCUT2D eigenvalue weighted by molar-refractivity contribution is 0.998. The number of nitrogens with one attached hydrogen (secondary N) is 1. The van der Waals surface area contributed by atoms with E-state index in [-0.39, 0.29) is 0 Å². The van der Waals surface area contributed by atoms with Gasteiger partial charge in [-0.25, -0.2) is 15.0 Å². The molecule has 0 unspecified atom stereocenters. The highest BCUT2D eigenvalue weighted by Gasteiger charge is 2.22. The summed E-state index contributed by atoms with van der Waals surface area (Å²) in [5.74, 6) is 1.90. The van der Waals surface area contributed by atoms with Gasteiger partial charge in [0.25, 0.3) is 0 Å². The number of aromatic nitrogens is 4. The van der Waals surface area contributed by atoms with Gasteiger partial charge in [0.1, 0.15) is 0 Å². The Morgan fingerprint density at radius 2 is 1.25 bits per heavy atom. The summed E-state index contributed by atoms with van der Waals surface area (Å²) in [4.78, 5) is 20.9. The van der Waals surface area contributed by atoms with Gasteiger partial charge >= 0.3 is 0 Å². The predicted octanol–water partition coefficient (Wildman–Crippen LogP) is 11.3. The van der Waals surface area contributed by atoms with E-state index in [2.05, 4.69) is 120 Å². The summed E-state index contributed by atoms with van der Waals surface area (Å²) in [6, 6.07) is 52.7. The monoisotopic (exact) mass is 669 g/mol. The minimum absolute atomic E-state index is 0.620. The number of hydrogen-bond acceptors (Lipinski definition) is 4. The van der Waals surface area contributed by atoms with Gasteiger partial charge in [0, 0.05) is 57.3 Å². The van der Waals surface area contributed by atoms with Gasteiger partial charge in [-0.15, -0.1) is 0 Å². The van der Waals surface area contributed by atoms with Crippen LogP contribution in [0.5, 0.6) is 0 Å². The number of nitrogens with zero attached hydrogens (tertiary/aromatic N) is 4. The molecule has 6 aromatic carbocycles. The molecule has 5 heteroatoms. The van der Waals surface area contributed by atoms with Crippen molar-refractivity contribution in [2.45, 2.75) is 6.42 Å². The Bertz CT molecular complexity index is 2530. The summed E-state index contributed by atoms with van der Waals surface area (Å²) in [7, 11) is 0. The smallest absolute Gasteiger partial charge is 0.164 e. The van der Waals surface area contributed by atoms with Crippen LogP contribution in [0.15, 0.2) is 177 Å². The zero-order valence-corrected chi connectivity index (χ0v) is 28.6. The Labute approximate surface area is 303 Å². The van der Waals surface area contributed by atoms with Crippen LogP contribution < -0.4 is 4.90 Å². The number of para-hydroxylation sites is 1. The third kappa shape index (κ3) is 5.78. The molecule has 3 heterocycles. The molecule has 52 heavy (non-hydrogen) atoms. The minimum atomic E-state index is 0.620. The van der Waals surface area contributed by atoms with Crippen molar-refractivity contribution in [1.82, 2.24) is 19.9 Å². The fraction of sp³-hybridized carbons (Fsp3) is 0.0426. The van der Waals surface area contributed by atoms with Crippen LogP contribution in [0, 0.1) is 0 Å². The van der Waals surface area contributed by atoms with Gasteiger partial charge in [-0.1, -0.05) is 134 Å². The summed E-state index contributed by atoms with van der Waals surface area (Å²) in [6.45, 7) is 5.09. The first kappa shape index (κ1) is 31.2. The number of rotatable bonds is 8. The molecule has 0 atom stereocenters. The molecule has 8 aromatic rings. The number of benzene rings is 6. The molecule has 0 fully saturated rings. The van der Waals surface area contributed by atoms with E-state index in [1.165, 1.54) is 33.5 Å². The zero-order chi connectivity index (χ0) is 34.9. The molecule has 0 saturated carbocycles. The maximum atomic E-state index is 4.99. The molecular weight excluding hydrogens is 635 g/mol. The Morgan fingerprint density at radius 1 is 0.615 bits per heavy atom. The summed E-state index contributed by atoms with van der Waals surface area (Å²) in [5.41, 5.74) is 13.4. The zero-order valence-electron chi connectivity index (χ0n) is 28.6. The third-order valence-electron chi connectivity index (χ3n) is 9.77. The van der Waals surface area contributed by atoms with Crippen LogP contribution in [0.2, 0.25) is 0 Å². The van der Waals surface area contributed by atoms with Crippen molar-refractivity contribution in [3.8, 4) is 45.3 Å². The normalized spacial score (nSPS) is 12.6. The Morgan fingerprint density at radius 3 is 1.94 bits per heavy atom. The molecule has 0 amide bonds. The van der Waals surface area contributed by atoms with Crippen LogP contribution in [0.4, 0.5) is 11.4 Å². The lowest BCUT2D eigenvalue weighted by Crippen LogP contribution is -2.12. The molecule has 2 aromatic heterocycles. The third-order valence-corrected chi connectivity index (χ3v) is 9.77. The molecule has 1 aliphatic heterocycles. The Kier molecular flexibility index (Phi) is 8.06. The minimum Gasteiger partial charge on any atom is -0.361 e. The van der Waals surface area contributed by atoms with Gasteiger partial charge < -0.3 is 9.88 Å². The lowest BCUT2D eigenvalue weighted by Gasteiger charge is -2.19. The first-order chi connectivity index (χ1) is 25.7. The standard InChI is InChI=1S/C47H35N5/c1-2-14-39(34-19-12-20-37(30-34)47-50-45(32-15-6-3-7-16-32)49-46(51-47)33-17-8-4-9-18-33)41-31-48-42-24-13-23-40(44(41)42)35-25-26-43-36(29-35)27-28-52(43)38-21-10-5-11-22-38/h2-26,29-31,48H,1,27-28H2. The molecule has 248 valence electrons. The Hall–Kier alpha value is -6.85. The molecular formula is C47H35N5. The number of hydrogen-bond donors (Lipinski definition) is 1. The van der Waals surface area contributed by atoms with Gasteiger partial charge in [-0.3, -0.25) is 0 Å². The molecule has 0 saturated heterocycles. The van der Waals surface area contributed by atoms with Crippen molar-refractivity contribution in [3.05, 3.63) is 193 Å². The van der Waals surface area contributed by atoms with Crippen molar-refractivity contribution in [1.29, 1.82) is 0 Å². The second-order valence-electron chi connectivity index (χ2n) is 12.9.